The highest BCUT2D eigenvalue weighted by molar-refractivity contribution is 7.15. The van der Waals surface area contributed by atoms with Gasteiger partial charge in [0.15, 0.2) is 5.13 Å². The molecule has 1 aromatic carbocycles. The van der Waals surface area contributed by atoms with Crippen LogP contribution in [0.3, 0.4) is 0 Å². The summed E-state index contributed by atoms with van der Waals surface area (Å²) in [6.45, 7) is 0.896. The molecule has 1 aromatic heterocycles. The van der Waals surface area contributed by atoms with Crippen LogP contribution < -0.4 is 10.1 Å². The molecule has 0 aliphatic rings. The summed E-state index contributed by atoms with van der Waals surface area (Å²) < 4.78 is 28.2. The second kappa shape index (κ2) is 5.96. The van der Waals surface area contributed by atoms with Crippen molar-refractivity contribution in [2.45, 2.75) is 20.5 Å². The number of aromatic nitrogens is 1. The molecule has 20 heavy (non-hydrogen) atoms. The summed E-state index contributed by atoms with van der Waals surface area (Å²) in [7, 11) is 0. The van der Waals surface area contributed by atoms with E-state index in [0.29, 0.717) is 10.7 Å². The number of thiazole rings is 1. The van der Waals surface area contributed by atoms with Gasteiger partial charge >= 0.3 is 6.61 Å². The third-order valence-corrected chi connectivity index (χ3v) is 3.58. The van der Waals surface area contributed by atoms with Crippen LogP contribution in [0.2, 0.25) is 0 Å². The van der Waals surface area contributed by atoms with Gasteiger partial charge in [-0.2, -0.15) is 8.78 Å². The van der Waals surface area contributed by atoms with Gasteiger partial charge in [0.2, 0.25) is 0 Å². The van der Waals surface area contributed by atoms with E-state index in [9.17, 15) is 13.6 Å². The van der Waals surface area contributed by atoms with Gasteiger partial charge in [0.05, 0.1) is 5.69 Å². The van der Waals surface area contributed by atoms with Crippen LogP contribution in [0.4, 0.5) is 13.9 Å². The van der Waals surface area contributed by atoms with E-state index in [2.05, 4.69) is 15.0 Å². The average molecular weight is 298 g/mol. The molecule has 0 radical (unpaired) electrons. The molecule has 0 aliphatic carbocycles. The van der Waals surface area contributed by atoms with Crippen molar-refractivity contribution < 1.29 is 18.3 Å². The topological polar surface area (TPSA) is 51.2 Å². The molecule has 1 heterocycles. The predicted molar refractivity (Wildman–Crippen MR) is 72.6 cm³/mol. The highest BCUT2D eigenvalue weighted by Crippen LogP contribution is 2.22. The first kappa shape index (κ1) is 14.4. The quantitative estimate of drug-likeness (QED) is 0.938. The molecule has 1 amide bonds. The van der Waals surface area contributed by atoms with Gasteiger partial charge in [-0.3, -0.25) is 10.1 Å². The summed E-state index contributed by atoms with van der Waals surface area (Å²) in [5, 5.41) is 3.17. The van der Waals surface area contributed by atoms with Crippen molar-refractivity contribution in [3.8, 4) is 5.75 Å². The number of ether oxygens (including phenoxy) is 1. The number of benzene rings is 1. The minimum absolute atomic E-state index is 0.0116. The van der Waals surface area contributed by atoms with Gasteiger partial charge in [-0.25, -0.2) is 4.98 Å². The molecule has 0 fully saturated rings. The Kier molecular flexibility index (Phi) is 4.29. The maximum Gasteiger partial charge on any atom is 0.387 e. The van der Waals surface area contributed by atoms with E-state index >= 15 is 0 Å². The van der Waals surface area contributed by atoms with Gasteiger partial charge in [-0.15, -0.1) is 11.3 Å². The zero-order valence-corrected chi connectivity index (χ0v) is 11.6. The molecule has 2 aromatic rings. The molecule has 7 heteroatoms. The Morgan fingerprint density at radius 2 is 1.95 bits per heavy atom. The first-order valence-electron chi connectivity index (χ1n) is 5.76. The molecule has 106 valence electrons. The third kappa shape index (κ3) is 3.51. The number of hydrogen-bond acceptors (Lipinski definition) is 4. The number of amides is 1. The van der Waals surface area contributed by atoms with Crippen LogP contribution in [0.15, 0.2) is 24.3 Å². The maximum atomic E-state index is 12.0. The standard InChI is InChI=1S/C13H12F2N2O2S/c1-7-8(2)20-13(16-7)17-11(18)9-3-5-10(6-4-9)19-12(14)15/h3-6,12H,1-2H3,(H,16,17,18). The second-order valence-electron chi connectivity index (χ2n) is 4.02. The zero-order chi connectivity index (χ0) is 14.7. The number of rotatable bonds is 4. The van der Waals surface area contributed by atoms with E-state index in [4.69, 9.17) is 0 Å². The molecule has 0 bridgehead atoms. The Morgan fingerprint density at radius 3 is 2.45 bits per heavy atom. The fourth-order valence-corrected chi connectivity index (χ4v) is 2.29. The number of anilines is 1. The van der Waals surface area contributed by atoms with Gasteiger partial charge in [-0.05, 0) is 38.1 Å². The maximum absolute atomic E-state index is 12.0. The molecule has 0 saturated carbocycles. The Bertz CT molecular complexity index is 592. The van der Waals surface area contributed by atoms with E-state index in [-0.39, 0.29) is 11.7 Å². The molecule has 0 atom stereocenters. The molecular formula is C13H12F2N2O2S. The fourth-order valence-electron chi connectivity index (χ4n) is 1.48. The number of aryl methyl sites for hydroxylation is 2. The van der Waals surface area contributed by atoms with Crippen molar-refractivity contribution in [1.29, 1.82) is 0 Å². The smallest absolute Gasteiger partial charge is 0.387 e. The SMILES string of the molecule is Cc1nc(NC(=O)c2ccc(OC(F)F)cc2)sc1C. The van der Waals surface area contributed by atoms with E-state index in [1.165, 1.54) is 35.6 Å². The first-order valence-corrected chi connectivity index (χ1v) is 6.57. The van der Waals surface area contributed by atoms with Crippen LogP contribution in [-0.2, 0) is 0 Å². The lowest BCUT2D eigenvalue weighted by molar-refractivity contribution is -0.0498. The minimum Gasteiger partial charge on any atom is -0.435 e. The predicted octanol–water partition coefficient (Wildman–Crippen LogP) is 3.61. The number of carbonyl (C=O) groups is 1. The Hall–Kier alpha value is -2.02. The molecule has 0 spiro atoms. The molecule has 1 N–H and O–H groups in total. The third-order valence-electron chi connectivity index (χ3n) is 2.59. The van der Waals surface area contributed by atoms with E-state index in [1.54, 1.807) is 0 Å². The van der Waals surface area contributed by atoms with Crippen molar-refractivity contribution in [3.05, 3.63) is 40.4 Å². The summed E-state index contributed by atoms with van der Waals surface area (Å²) in [5.41, 5.74) is 1.21. The molecule has 4 nitrogen and oxygen atoms in total. The number of carbonyl (C=O) groups excluding carboxylic acids is 1. The van der Waals surface area contributed by atoms with Crippen LogP contribution >= 0.6 is 11.3 Å². The lowest BCUT2D eigenvalue weighted by atomic mass is 10.2. The lowest BCUT2D eigenvalue weighted by Gasteiger charge is -2.05. The molecule has 0 aliphatic heterocycles. The number of halogens is 2. The van der Waals surface area contributed by atoms with Gasteiger partial charge in [0.25, 0.3) is 5.91 Å². The van der Waals surface area contributed by atoms with E-state index in [0.717, 1.165) is 10.6 Å². The van der Waals surface area contributed by atoms with Crippen molar-refractivity contribution in [2.24, 2.45) is 0 Å². The summed E-state index contributed by atoms with van der Waals surface area (Å²) in [6, 6.07) is 5.47. The second-order valence-corrected chi connectivity index (χ2v) is 5.22. The van der Waals surface area contributed by atoms with Crippen LogP contribution in [0.25, 0.3) is 0 Å². The van der Waals surface area contributed by atoms with Gasteiger partial charge in [-0.1, -0.05) is 0 Å². The van der Waals surface area contributed by atoms with Gasteiger partial charge in [0.1, 0.15) is 5.75 Å². The van der Waals surface area contributed by atoms with Crippen LogP contribution in [0.5, 0.6) is 5.75 Å². The monoisotopic (exact) mass is 298 g/mol. The molecule has 2 rings (SSSR count). The fraction of sp³-hybridized carbons (Fsp3) is 0.231. The summed E-state index contributed by atoms with van der Waals surface area (Å²) in [6.07, 6.45) is 0. The van der Waals surface area contributed by atoms with Crippen molar-refractivity contribution >= 4 is 22.4 Å². The normalized spacial score (nSPS) is 10.7. The van der Waals surface area contributed by atoms with Gasteiger partial charge in [0, 0.05) is 10.4 Å². The van der Waals surface area contributed by atoms with E-state index in [1.807, 2.05) is 13.8 Å². The zero-order valence-electron chi connectivity index (χ0n) is 10.8. The number of alkyl halides is 2. The molecular weight excluding hydrogens is 286 g/mol. The largest absolute Gasteiger partial charge is 0.435 e. The van der Waals surface area contributed by atoms with Crippen molar-refractivity contribution in [3.63, 3.8) is 0 Å². The van der Waals surface area contributed by atoms with Crippen molar-refractivity contribution in [2.75, 3.05) is 5.32 Å². The lowest BCUT2D eigenvalue weighted by Crippen LogP contribution is -2.11. The number of hydrogen-bond donors (Lipinski definition) is 1. The summed E-state index contributed by atoms with van der Waals surface area (Å²) in [5.74, 6) is -0.333. The molecule has 0 unspecified atom stereocenters. The highest BCUT2D eigenvalue weighted by atomic mass is 32.1. The minimum atomic E-state index is -2.88. The molecule has 0 saturated heterocycles. The first-order chi connectivity index (χ1) is 9.45. The Balaban J connectivity index is 2.05. The van der Waals surface area contributed by atoms with Crippen LogP contribution in [0, 0.1) is 13.8 Å². The van der Waals surface area contributed by atoms with Crippen molar-refractivity contribution in [1.82, 2.24) is 4.98 Å². The summed E-state index contributed by atoms with van der Waals surface area (Å²) in [4.78, 5) is 17.2. The van der Waals surface area contributed by atoms with Gasteiger partial charge < -0.3 is 4.74 Å². The number of nitrogens with zero attached hydrogens (tertiary/aromatic N) is 1. The Morgan fingerprint density at radius 1 is 1.30 bits per heavy atom. The highest BCUT2D eigenvalue weighted by Gasteiger charge is 2.11. The van der Waals surface area contributed by atoms with Crippen LogP contribution in [-0.4, -0.2) is 17.5 Å². The summed E-state index contributed by atoms with van der Waals surface area (Å²) >= 11 is 1.38. The van der Waals surface area contributed by atoms with E-state index < -0.39 is 6.61 Å². The average Bonchev–Trinajstić information content (AvgIpc) is 2.68. The number of nitrogens with one attached hydrogen (secondary N) is 1. The Labute approximate surface area is 118 Å². The van der Waals surface area contributed by atoms with Crippen LogP contribution in [0.1, 0.15) is 20.9 Å².